The first-order valence-corrected chi connectivity index (χ1v) is 11.0. The van der Waals surface area contributed by atoms with Crippen LogP contribution in [0.2, 0.25) is 0 Å². The predicted octanol–water partition coefficient (Wildman–Crippen LogP) is 4.04. The number of methoxy groups -OCH3 is 2. The van der Waals surface area contributed by atoms with Crippen molar-refractivity contribution in [3.63, 3.8) is 0 Å². The Labute approximate surface area is 201 Å². The molecule has 0 N–H and O–H groups in total. The molecule has 178 valence electrons. The van der Waals surface area contributed by atoms with Gasteiger partial charge in [0, 0.05) is 17.5 Å². The lowest BCUT2D eigenvalue weighted by Gasteiger charge is -2.09. The first kappa shape index (κ1) is 22.3. The van der Waals surface area contributed by atoms with Gasteiger partial charge in [0.15, 0.2) is 35.2 Å². The molecule has 0 atom stereocenters. The van der Waals surface area contributed by atoms with Crippen molar-refractivity contribution in [1.29, 1.82) is 0 Å². The van der Waals surface area contributed by atoms with Gasteiger partial charge in [0.1, 0.15) is 6.33 Å². The number of aryl methyl sites for hydroxylation is 1. The highest BCUT2D eigenvalue weighted by Crippen LogP contribution is 2.30. The molecule has 0 aliphatic heterocycles. The van der Waals surface area contributed by atoms with E-state index in [0.717, 1.165) is 39.2 Å². The maximum Gasteiger partial charge on any atom is 0.192 e. The zero-order valence-electron chi connectivity index (χ0n) is 20.2. The van der Waals surface area contributed by atoms with Crippen LogP contribution in [0.25, 0.3) is 22.4 Å². The lowest BCUT2D eigenvalue weighted by atomic mass is 10.1. The predicted molar refractivity (Wildman–Crippen MR) is 131 cm³/mol. The molecule has 10 nitrogen and oxygen atoms in total. The third-order valence-electron chi connectivity index (χ3n) is 5.98. The van der Waals surface area contributed by atoms with Crippen LogP contribution in [0.4, 0.5) is 0 Å². The number of nitrogens with zero attached hydrogens (tertiary/aromatic N) is 7. The standard InChI is InChI=1S/C25H25N7O3/c1-15-17(3)32(19-7-6-10-26-12-19)24-23(15)25-28-22(29-31(25)14-27-24)13-35-30-16(2)18-8-9-20(33-4)21(11-18)34-5/h6-12,14H,13H2,1-5H3. The summed E-state index contributed by atoms with van der Waals surface area (Å²) in [6.45, 7) is 6.11. The van der Waals surface area contributed by atoms with Crippen molar-refractivity contribution < 1.29 is 14.3 Å². The van der Waals surface area contributed by atoms with Crippen molar-refractivity contribution in [3.05, 3.63) is 71.7 Å². The van der Waals surface area contributed by atoms with E-state index >= 15 is 0 Å². The number of rotatable bonds is 7. The number of fused-ring (bicyclic) bond motifs is 3. The summed E-state index contributed by atoms with van der Waals surface area (Å²) in [5, 5.41) is 9.70. The highest BCUT2D eigenvalue weighted by Gasteiger charge is 2.19. The Morgan fingerprint density at radius 2 is 1.89 bits per heavy atom. The topological polar surface area (TPSA) is 101 Å². The molecule has 5 rings (SSSR count). The van der Waals surface area contributed by atoms with Gasteiger partial charge in [-0.1, -0.05) is 5.16 Å². The Kier molecular flexibility index (Phi) is 5.77. The van der Waals surface area contributed by atoms with Gasteiger partial charge in [0.25, 0.3) is 0 Å². The molecule has 0 saturated carbocycles. The molecule has 4 heterocycles. The molecular formula is C25H25N7O3. The van der Waals surface area contributed by atoms with Crippen LogP contribution in [-0.4, -0.2) is 49.1 Å². The van der Waals surface area contributed by atoms with E-state index < -0.39 is 0 Å². The number of hydrogen-bond acceptors (Lipinski definition) is 8. The van der Waals surface area contributed by atoms with E-state index in [4.69, 9.17) is 19.3 Å². The number of ether oxygens (including phenoxy) is 2. The summed E-state index contributed by atoms with van der Waals surface area (Å²) in [4.78, 5) is 19.2. The Hall–Kier alpha value is -4.47. The number of hydrogen-bond donors (Lipinski definition) is 0. The van der Waals surface area contributed by atoms with Crippen molar-refractivity contribution in [2.24, 2.45) is 5.16 Å². The summed E-state index contributed by atoms with van der Waals surface area (Å²) in [7, 11) is 3.20. The summed E-state index contributed by atoms with van der Waals surface area (Å²) in [5.74, 6) is 1.79. The Balaban J connectivity index is 1.43. The second-order valence-electron chi connectivity index (χ2n) is 8.02. The quantitative estimate of drug-likeness (QED) is 0.261. The zero-order chi connectivity index (χ0) is 24.5. The van der Waals surface area contributed by atoms with Crippen molar-refractivity contribution in [3.8, 4) is 17.2 Å². The van der Waals surface area contributed by atoms with Crippen LogP contribution >= 0.6 is 0 Å². The van der Waals surface area contributed by atoms with Crippen LogP contribution in [0.5, 0.6) is 11.5 Å². The van der Waals surface area contributed by atoms with Gasteiger partial charge < -0.3 is 14.3 Å². The molecule has 0 saturated heterocycles. The van der Waals surface area contributed by atoms with Gasteiger partial charge >= 0.3 is 0 Å². The third kappa shape index (κ3) is 3.92. The van der Waals surface area contributed by atoms with E-state index in [2.05, 4.69) is 38.6 Å². The fraction of sp³-hybridized carbons (Fsp3) is 0.240. The van der Waals surface area contributed by atoms with Crippen LogP contribution in [-0.2, 0) is 11.4 Å². The van der Waals surface area contributed by atoms with Crippen molar-refractivity contribution in [2.45, 2.75) is 27.4 Å². The number of oxime groups is 1. The molecule has 0 spiro atoms. The SMILES string of the molecule is COc1ccc(C(C)=NOCc2nc3c4c(C)c(C)n(-c5cccnc5)c4ncn3n2)cc1OC. The molecule has 1 aromatic carbocycles. The van der Waals surface area contributed by atoms with Crippen LogP contribution < -0.4 is 9.47 Å². The smallest absolute Gasteiger partial charge is 0.192 e. The van der Waals surface area contributed by atoms with Crippen LogP contribution in [0, 0.1) is 13.8 Å². The number of pyridine rings is 1. The molecule has 0 bridgehead atoms. The molecule has 0 unspecified atom stereocenters. The largest absolute Gasteiger partial charge is 0.493 e. The first-order chi connectivity index (χ1) is 17.0. The van der Waals surface area contributed by atoms with E-state index in [1.807, 2.05) is 43.5 Å². The van der Waals surface area contributed by atoms with Crippen LogP contribution in [0.15, 0.2) is 54.2 Å². The maximum absolute atomic E-state index is 5.58. The lowest BCUT2D eigenvalue weighted by Crippen LogP contribution is -2.00. The van der Waals surface area contributed by atoms with E-state index in [0.29, 0.717) is 23.0 Å². The van der Waals surface area contributed by atoms with Crippen molar-refractivity contribution >= 4 is 22.4 Å². The zero-order valence-corrected chi connectivity index (χ0v) is 20.2. The van der Waals surface area contributed by atoms with Gasteiger partial charge in [0.2, 0.25) is 0 Å². The second-order valence-corrected chi connectivity index (χ2v) is 8.02. The molecule has 4 aromatic heterocycles. The molecular weight excluding hydrogens is 446 g/mol. The minimum Gasteiger partial charge on any atom is -0.493 e. The first-order valence-electron chi connectivity index (χ1n) is 11.0. The van der Waals surface area contributed by atoms with E-state index in [1.54, 1.807) is 31.3 Å². The van der Waals surface area contributed by atoms with E-state index in [9.17, 15) is 0 Å². The van der Waals surface area contributed by atoms with Gasteiger partial charge in [-0.2, -0.15) is 0 Å². The number of benzene rings is 1. The molecule has 0 fully saturated rings. The van der Waals surface area contributed by atoms with Gasteiger partial charge in [-0.25, -0.2) is 14.5 Å². The highest BCUT2D eigenvalue weighted by atomic mass is 16.6. The Morgan fingerprint density at radius 3 is 2.63 bits per heavy atom. The normalized spacial score (nSPS) is 11.9. The molecule has 35 heavy (non-hydrogen) atoms. The summed E-state index contributed by atoms with van der Waals surface area (Å²) in [6.07, 6.45) is 5.24. The second kappa shape index (κ2) is 9.05. The molecule has 0 amide bonds. The molecule has 0 aliphatic rings. The van der Waals surface area contributed by atoms with Crippen molar-refractivity contribution in [1.82, 2.24) is 29.1 Å². The highest BCUT2D eigenvalue weighted by molar-refractivity contribution is 5.99. The summed E-state index contributed by atoms with van der Waals surface area (Å²) in [6, 6.07) is 9.49. The third-order valence-corrected chi connectivity index (χ3v) is 5.98. The molecule has 5 aromatic rings. The molecule has 0 radical (unpaired) electrons. The van der Waals surface area contributed by atoms with Crippen LogP contribution in [0.3, 0.4) is 0 Å². The average molecular weight is 472 g/mol. The summed E-state index contributed by atoms with van der Waals surface area (Å²) in [5.41, 5.74) is 6.19. The Morgan fingerprint density at radius 1 is 1.06 bits per heavy atom. The summed E-state index contributed by atoms with van der Waals surface area (Å²) < 4.78 is 14.4. The van der Waals surface area contributed by atoms with E-state index in [-0.39, 0.29) is 6.61 Å². The summed E-state index contributed by atoms with van der Waals surface area (Å²) >= 11 is 0. The fourth-order valence-corrected chi connectivity index (χ4v) is 4.07. The monoisotopic (exact) mass is 471 g/mol. The maximum atomic E-state index is 5.58. The average Bonchev–Trinajstić information content (AvgIpc) is 3.41. The Bertz CT molecular complexity index is 1550. The van der Waals surface area contributed by atoms with E-state index in [1.165, 1.54) is 0 Å². The number of aromatic nitrogens is 6. The van der Waals surface area contributed by atoms with Gasteiger partial charge in [0.05, 0.1) is 37.2 Å². The van der Waals surface area contributed by atoms with Gasteiger partial charge in [-0.05, 0) is 56.7 Å². The molecule has 10 heteroatoms. The van der Waals surface area contributed by atoms with Gasteiger partial charge in [-0.15, -0.1) is 5.10 Å². The minimum absolute atomic E-state index is 0.120. The minimum atomic E-state index is 0.120. The lowest BCUT2D eigenvalue weighted by molar-refractivity contribution is 0.125. The van der Waals surface area contributed by atoms with Crippen LogP contribution in [0.1, 0.15) is 29.6 Å². The molecule has 0 aliphatic carbocycles. The van der Waals surface area contributed by atoms with Gasteiger partial charge in [-0.3, -0.25) is 9.55 Å². The fourth-order valence-electron chi connectivity index (χ4n) is 4.07. The van der Waals surface area contributed by atoms with Crippen molar-refractivity contribution in [2.75, 3.05) is 14.2 Å².